The summed E-state index contributed by atoms with van der Waals surface area (Å²) in [7, 11) is 0. The molecule has 0 aliphatic heterocycles. The highest BCUT2D eigenvalue weighted by Gasteiger charge is 1.79. The second-order valence-corrected chi connectivity index (χ2v) is 1.55. The molecule has 0 aromatic heterocycles. The highest BCUT2D eigenvalue weighted by atomic mass is 127. The van der Waals surface area contributed by atoms with Crippen LogP contribution in [0.3, 0.4) is 0 Å². The molecule has 0 heterocycles. The number of hydrogen-bond donors (Lipinski definition) is 2. The minimum Gasteiger partial charge on any atom is -0.510 e. The lowest BCUT2D eigenvalue weighted by Crippen LogP contribution is -1.86. The van der Waals surface area contributed by atoms with E-state index in [1.165, 1.54) is 6.20 Å². The number of alkyl halides is 1. The van der Waals surface area contributed by atoms with Crippen molar-refractivity contribution in [1.29, 1.82) is 0 Å². The molecule has 0 aliphatic rings. The van der Waals surface area contributed by atoms with E-state index in [4.69, 9.17) is 10.8 Å². The Morgan fingerprint density at radius 3 is 2.50 bits per heavy atom. The molecule has 0 aromatic rings. The Labute approximate surface area is 50.2 Å². The van der Waals surface area contributed by atoms with E-state index in [0.29, 0.717) is 4.43 Å². The Morgan fingerprint density at radius 2 is 2.50 bits per heavy atom. The Hall–Kier alpha value is 0.0700. The van der Waals surface area contributed by atoms with E-state index in [-0.39, 0.29) is 5.76 Å². The van der Waals surface area contributed by atoms with Gasteiger partial charge in [-0.2, -0.15) is 0 Å². The molecular formula is C3H6INO. The van der Waals surface area contributed by atoms with Gasteiger partial charge in [-0.05, 0) is 0 Å². The first-order valence-corrected chi connectivity index (χ1v) is 2.99. The molecule has 0 fully saturated rings. The number of aliphatic hydroxyl groups is 1. The molecule has 0 atom stereocenters. The maximum absolute atomic E-state index is 8.40. The van der Waals surface area contributed by atoms with E-state index in [0.717, 1.165) is 0 Å². The molecule has 0 unspecified atom stereocenters. The van der Waals surface area contributed by atoms with Crippen LogP contribution in [0.5, 0.6) is 0 Å². The molecule has 3 heteroatoms. The number of halogens is 1. The molecule has 0 aromatic carbocycles. The van der Waals surface area contributed by atoms with Crippen molar-refractivity contribution in [2.24, 2.45) is 5.73 Å². The fourth-order valence-corrected chi connectivity index (χ4v) is 0.299. The molecule has 0 spiro atoms. The topological polar surface area (TPSA) is 46.2 Å². The van der Waals surface area contributed by atoms with Crippen LogP contribution in [0, 0.1) is 0 Å². The van der Waals surface area contributed by atoms with Crippen molar-refractivity contribution in [3.8, 4) is 0 Å². The summed E-state index contributed by atoms with van der Waals surface area (Å²) >= 11 is 2.02. The molecule has 6 heavy (non-hydrogen) atoms. The summed E-state index contributed by atoms with van der Waals surface area (Å²) in [6.45, 7) is 0. The Balaban J connectivity index is 3.22. The quantitative estimate of drug-likeness (QED) is 0.372. The first-order valence-electron chi connectivity index (χ1n) is 1.47. The summed E-state index contributed by atoms with van der Waals surface area (Å²) in [6.07, 6.45) is 1.19. The van der Waals surface area contributed by atoms with E-state index >= 15 is 0 Å². The van der Waals surface area contributed by atoms with Crippen LogP contribution in [0.2, 0.25) is 0 Å². The van der Waals surface area contributed by atoms with Gasteiger partial charge >= 0.3 is 0 Å². The van der Waals surface area contributed by atoms with Gasteiger partial charge in [0, 0.05) is 6.20 Å². The summed E-state index contributed by atoms with van der Waals surface area (Å²) in [5.41, 5.74) is 4.87. The standard InChI is InChI=1S/C3H6INO/c4-1-3(6)2-5/h2,6H,1,5H2/b3-2-. The summed E-state index contributed by atoms with van der Waals surface area (Å²) in [5, 5.41) is 8.40. The highest BCUT2D eigenvalue weighted by molar-refractivity contribution is 14.1. The van der Waals surface area contributed by atoms with Crippen LogP contribution in [-0.2, 0) is 0 Å². The molecule has 0 amide bonds. The van der Waals surface area contributed by atoms with E-state index in [1.54, 1.807) is 0 Å². The van der Waals surface area contributed by atoms with Crippen LogP contribution < -0.4 is 5.73 Å². The predicted molar refractivity (Wildman–Crippen MR) is 33.8 cm³/mol. The van der Waals surface area contributed by atoms with Crippen LogP contribution in [0.4, 0.5) is 0 Å². The lowest BCUT2D eigenvalue weighted by molar-refractivity contribution is 0.417. The molecule has 36 valence electrons. The van der Waals surface area contributed by atoms with Crippen molar-refractivity contribution < 1.29 is 5.11 Å². The third kappa shape index (κ3) is 2.32. The summed E-state index contributed by atoms with van der Waals surface area (Å²) in [6, 6.07) is 0. The van der Waals surface area contributed by atoms with Gasteiger partial charge in [-0.1, -0.05) is 22.6 Å². The second-order valence-electron chi connectivity index (χ2n) is 0.792. The van der Waals surface area contributed by atoms with Crippen molar-refractivity contribution in [2.45, 2.75) is 0 Å². The van der Waals surface area contributed by atoms with Gasteiger partial charge in [0.15, 0.2) is 0 Å². The van der Waals surface area contributed by atoms with Crippen molar-refractivity contribution >= 4 is 22.6 Å². The normalized spacial score (nSPS) is 11.8. The maximum atomic E-state index is 8.40. The summed E-state index contributed by atoms with van der Waals surface area (Å²) in [5.74, 6) is 0.232. The van der Waals surface area contributed by atoms with Crippen LogP contribution in [0.15, 0.2) is 12.0 Å². The lowest BCUT2D eigenvalue weighted by atomic mass is 10.6. The van der Waals surface area contributed by atoms with E-state index in [1.807, 2.05) is 22.6 Å². The summed E-state index contributed by atoms with van der Waals surface area (Å²) in [4.78, 5) is 0. The van der Waals surface area contributed by atoms with E-state index in [2.05, 4.69) is 0 Å². The molecule has 0 bridgehead atoms. The highest BCUT2D eigenvalue weighted by Crippen LogP contribution is 1.89. The van der Waals surface area contributed by atoms with Crippen molar-refractivity contribution in [3.63, 3.8) is 0 Å². The van der Waals surface area contributed by atoms with Gasteiger partial charge in [0.2, 0.25) is 0 Å². The van der Waals surface area contributed by atoms with E-state index in [9.17, 15) is 0 Å². The average Bonchev–Trinajstić information content (AvgIpc) is 1.65. The van der Waals surface area contributed by atoms with Gasteiger partial charge in [-0.3, -0.25) is 0 Å². The number of hydrogen-bond acceptors (Lipinski definition) is 2. The minimum absolute atomic E-state index is 0.232. The SMILES string of the molecule is N/C=C(\O)CI. The zero-order chi connectivity index (χ0) is 4.99. The fourth-order valence-electron chi connectivity index (χ4n) is 0.0445. The van der Waals surface area contributed by atoms with Gasteiger partial charge in [0.25, 0.3) is 0 Å². The number of rotatable bonds is 1. The first kappa shape index (κ1) is 6.07. The van der Waals surface area contributed by atoms with Gasteiger partial charge in [0.05, 0.1) is 4.43 Å². The minimum atomic E-state index is 0.232. The molecule has 0 rings (SSSR count). The van der Waals surface area contributed by atoms with Crippen LogP contribution in [-0.4, -0.2) is 9.53 Å². The molecule has 0 aliphatic carbocycles. The Morgan fingerprint density at radius 1 is 2.00 bits per heavy atom. The third-order valence-corrected chi connectivity index (χ3v) is 1.11. The molecular weight excluding hydrogens is 193 g/mol. The zero-order valence-electron chi connectivity index (χ0n) is 3.19. The van der Waals surface area contributed by atoms with Crippen LogP contribution in [0.25, 0.3) is 0 Å². The number of nitrogens with two attached hydrogens (primary N) is 1. The molecule has 0 saturated heterocycles. The largest absolute Gasteiger partial charge is 0.510 e. The lowest BCUT2D eigenvalue weighted by Gasteiger charge is -1.83. The van der Waals surface area contributed by atoms with Crippen LogP contribution >= 0.6 is 22.6 Å². The predicted octanol–water partition coefficient (Wildman–Crippen LogP) is 0.780. The van der Waals surface area contributed by atoms with Gasteiger partial charge in [-0.25, -0.2) is 0 Å². The van der Waals surface area contributed by atoms with Gasteiger partial charge < -0.3 is 10.8 Å². The summed E-state index contributed by atoms with van der Waals surface area (Å²) < 4.78 is 0.592. The smallest absolute Gasteiger partial charge is 0.117 e. The monoisotopic (exact) mass is 199 g/mol. The second kappa shape index (κ2) is 3.27. The Kier molecular flexibility index (Phi) is 3.31. The Bertz CT molecular complexity index is 61.8. The maximum Gasteiger partial charge on any atom is 0.117 e. The third-order valence-electron chi connectivity index (χ3n) is 0.329. The van der Waals surface area contributed by atoms with E-state index < -0.39 is 0 Å². The number of aliphatic hydroxyl groups excluding tert-OH is 1. The molecule has 0 saturated carbocycles. The zero-order valence-corrected chi connectivity index (χ0v) is 5.34. The average molecular weight is 199 g/mol. The van der Waals surface area contributed by atoms with Gasteiger partial charge in [0.1, 0.15) is 5.76 Å². The molecule has 3 N–H and O–H groups in total. The van der Waals surface area contributed by atoms with Crippen LogP contribution in [0.1, 0.15) is 0 Å². The first-order chi connectivity index (χ1) is 2.81. The molecule has 0 radical (unpaired) electrons. The van der Waals surface area contributed by atoms with Crippen molar-refractivity contribution in [2.75, 3.05) is 4.43 Å². The molecule has 2 nitrogen and oxygen atoms in total. The van der Waals surface area contributed by atoms with Gasteiger partial charge in [-0.15, -0.1) is 0 Å². The number of allylic oxidation sites excluding steroid dienone is 1. The van der Waals surface area contributed by atoms with Crippen molar-refractivity contribution in [1.82, 2.24) is 0 Å². The van der Waals surface area contributed by atoms with Crippen molar-refractivity contribution in [3.05, 3.63) is 12.0 Å². The fraction of sp³-hybridized carbons (Fsp3) is 0.333.